The van der Waals surface area contributed by atoms with E-state index in [9.17, 15) is 9.59 Å². The van der Waals surface area contributed by atoms with E-state index >= 15 is 0 Å². The van der Waals surface area contributed by atoms with E-state index in [1.54, 1.807) is 4.90 Å². The molecule has 1 aromatic carbocycles. The van der Waals surface area contributed by atoms with Gasteiger partial charge in [-0.1, -0.05) is 29.8 Å². The lowest BCUT2D eigenvalue weighted by molar-refractivity contribution is -0.899. The first-order valence-electron chi connectivity index (χ1n) is 7.88. The normalized spacial score (nSPS) is 21.4. The number of hydrogen-bond acceptors (Lipinski definition) is 2. The van der Waals surface area contributed by atoms with Gasteiger partial charge in [0.05, 0.1) is 19.0 Å². The van der Waals surface area contributed by atoms with Crippen molar-refractivity contribution in [3.05, 3.63) is 35.4 Å². The van der Waals surface area contributed by atoms with E-state index in [2.05, 4.69) is 24.3 Å². The Morgan fingerprint density at radius 2 is 2.00 bits per heavy atom. The van der Waals surface area contributed by atoms with E-state index in [0.717, 1.165) is 29.8 Å². The fraction of sp³-hybridized carbons (Fsp3) is 0.529. The third kappa shape index (κ3) is 4.56. The van der Waals surface area contributed by atoms with Crippen LogP contribution in [0.4, 0.5) is 0 Å². The number of benzene rings is 1. The Bertz CT molecular complexity index is 527. The molecule has 1 unspecified atom stereocenters. The van der Waals surface area contributed by atoms with Crippen molar-refractivity contribution in [2.45, 2.75) is 26.3 Å². The maximum Gasteiger partial charge on any atom is 0.277 e. The number of carbonyl (C=O) groups excluding carboxylic acids is 2. The van der Waals surface area contributed by atoms with Gasteiger partial charge in [-0.3, -0.25) is 9.59 Å². The van der Waals surface area contributed by atoms with Gasteiger partial charge in [0, 0.05) is 13.6 Å². The van der Waals surface area contributed by atoms with Gasteiger partial charge >= 0.3 is 0 Å². The number of nitrogens with zero attached hydrogens (tertiary/aromatic N) is 1. The highest BCUT2D eigenvalue weighted by atomic mass is 16.2. The molecule has 120 valence electrons. The molecule has 5 heteroatoms. The predicted octanol–water partition coefficient (Wildman–Crippen LogP) is -0.266. The Morgan fingerprint density at radius 3 is 2.64 bits per heavy atom. The first-order valence-corrected chi connectivity index (χ1v) is 7.88. The quantitative estimate of drug-likeness (QED) is 0.786. The molecule has 1 fully saturated rings. The monoisotopic (exact) mass is 304 g/mol. The van der Waals surface area contributed by atoms with Gasteiger partial charge in [-0.2, -0.15) is 0 Å². The first-order chi connectivity index (χ1) is 10.5. The van der Waals surface area contributed by atoms with Crippen LogP contribution >= 0.6 is 0 Å². The minimum Gasteiger partial charge on any atom is -0.369 e. The molecule has 22 heavy (non-hydrogen) atoms. The highest BCUT2D eigenvalue weighted by Gasteiger charge is 2.29. The largest absolute Gasteiger partial charge is 0.369 e. The maximum atomic E-state index is 12.3. The number of rotatable bonds is 5. The number of piperidine rings is 1. The molecule has 2 rings (SSSR count). The van der Waals surface area contributed by atoms with Gasteiger partial charge in [0.25, 0.3) is 5.91 Å². The van der Waals surface area contributed by atoms with Crippen LogP contribution in [-0.2, 0) is 16.1 Å². The molecule has 0 bridgehead atoms. The van der Waals surface area contributed by atoms with E-state index < -0.39 is 0 Å². The van der Waals surface area contributed by atoms with Crippen molar-refractivity contribution in [3.8, 4) is 0 Å². The van der Waals surface area contributed by atoms with E-state index in [0.29, 0.717) is 19.6 Å². The smallest absolute Gasteiger partial charge is 0.277 e. The minimum atomic E-state index is -0.238. The Morgan fingerprint density at radius 1 is 1.32 bits per heavy atom. The van der Waals surface area contributed by atoms with Gasteiger partial charge < -0.3 is 15.5 Å². The fourth-order valence-electron chi connectivity index (χ4n) is 2.96. The van der Waals surface area contributed by atoms with Crippen molar-refractivity contribution >= 4 is 11.8 Å². The van der Waals surface area contributed by atoms with E-state index in [1.807, 2.05) is 14.0 Å². The molecular weight excluding hydrogens is 278 g/mol. The minimum absolute atomic E-state index is 0.0843. The van der Waals surface area contributed by atoms with Crippen LogP contribution in [0.3, 0.4) is 0 Å². The van der Waals surface area contributed by atoms with Crippen molar-refractivity contribution in [1.29, 1.82) is 0 Å². The van der Waals surface area contributed by atoms with Crippen LogP contribution in [0.2, 0.25) is 0 Å². The third-order valence-electron chi connectivity index (χ3n) is 4.39. The zero-order valence-corrected chi connectivity index (χ0v) is 13.5. The number of primary amides is 1. The Labute approximate surface area is 132 Å². The van der Waals surface area contributed by atoms with Crippen LogP contribution in [0.15, 0.2) is 24.3 Å². The lowest BCUT2D eigenvalue weighted by atomic mass is 9.97. The van der Waals surface area contributed by atoms with E-state index in [4.69, 9.17) is 5.73 Å². The molecule has 1 aliphatic rings. The van der Waals surface area contributed by atoms with Crippen molar-refractivity contribution in [2.24, 2.45) is 11.7 Å². The summed E-state index contributed by atoms with van der Waals surface area (Å²) >= 11 is 0. The molecule has 3 N–H and O–H groups in total. The van der Waals surface area contributed by atoms with Gasteiger partial charge in [0.2, 0.25) is 5.91 Å². The van der Waals surface area contributed by atoms with Crippen molar-refractivity contribution in [1.82, 2.24) is 4.90 Å². The molecule has 1 saturated heterocycles. The molecule has 2 atom stereocenters. The number of carbonyl (C=O) groups is 2. The molecule has 2 amide bonds. The molecule has 0 aliphatic carbocycles. The summed E-state index contributed by atoms with van der Waals surface area (Å²) in [5.74, 6) is -0.211. The Hall–Kier alpha value is -1.88. The van der Waals surface area contributed by atoms with Crippen LogP contribution in [0.5, 0.6) is 0 Å². The second kappa shape index (κ2) is 7.40. The summed E-state index contributed by atoms with van der Waals surface area (Å²) in [6.45, 7) is 4.72. The molecule has 0 spiro atoms. The van der Waals surface area contributed by atoms with Crippen LogP contribution in [0.1, 0.15) is 24.0 Å². The van der Waals surface area contributed by atoms with Crippen molar-refractivity contribution < 1.29 is 14.5 Å². The molecule has 1 heterocycles. The molecule has 0 radical (unpaired) electrons. The molecule has 5 nitrogen and oxygen atoms in total. The molecule has 1 aromatic rings. The number of nitrogens with one attached hydrogen (secondary N) is 1. The number of nitrogens with two attached hydrogens (primary N) is 1. The summed E-state index contributed by atoms with van der Waals surface area (Å²) in [6.07, 6.45) is 1.81. The number of amides is 2. The lowest BCUT2D eigenvalue weighted by Crippen LogP contribution is -3.14. The van der Waals surface area contributed by atoms with Gasteiger partial charge in [-0.05, 0) is 25.3 Å². The molecule has 0 aromatic heterocycles. The summed E-state index contributed by atoms with van der Waals surface area (Å²) in [4.78, 5) is 26.6. The number of quaternary nitrogens is 1. The maximum absolute atomic E-state index is 12.3. The zero-order valence-electron chi connectivity index (χ0n) is 13.5. The Balaban J connectivity index is 1.85. The SMILES string of the molecule is Cc1ccc(CN(C)C(=O)C[NH+]2CCC[C@H](C(N)=O)C2)cc1. The van der Waals surface area contributed by atoms with Gasteiger partial charge in [0.1, 0.15) is 0 Å². The summed E-state index contributed by atoms with van der Waals surface area (Å²) in [5.41, 5.74) is 7.73. The van der Waals surface area contributed by atoms with Crippen LogP contribution < -0.4 is 10.6 Å². The standard InChI is InChI=1S/C17H25N3O2/c1-13-5-7-14(8-6-13)10-19(2)16(21)12-20-9-3-4-15(11-20)17(18)22/h5-8,15H,3-4,9-12H2,1-2H3,(H2,18,22)/p+1/t15-/m0/s1. The predicted molar refractivity (Wildman–Crippen MR) is 85.1 cm³/mol. The van der Waals surface area contributed by atoms with Crippen LogP contribution in [0.25, 0.3) is 0 Å². The molecule has 0 saturated carbocycles. The third-order valence-corrected chi connectivity index (χ3v) is 4.39. The molecule has 1 aliphatic heterocycles. The average molecular weight is 304 g/mol. The van der Waals surface area contributed by atoms with Crippen molar-refractivity contribution in [2.75, 3.05) is 26.7 Å². The summed E-state index contributed by atoms with van der Waals surface area (Å²) in [7, 11) is 1.83. The van der Waals surface area contributed by atoms with Crippen LogP contribution in [-0.4, -0.2) is 43.4 Å². The fourth-order valence-corrected chi connectivity index (χ4v) is 2.96. The summed E-state index contributed by atoms with van der Waals surface area (Å²) in [5, 5.41) is 0. The Kier molecular flexibility index (Phi) is 5.55. The van der Waals surface area contributed by atoms with E-state index in [1.165, 1.54) is 5.56 Å². The highest BCUT2D eigenvalue weighted by molar-refractivity contribution is 5.77. The van der Waals surface area contributed by atoms with Gasteiger partial charge in [-0.15, -0.1) is 0 Å². The van der Waals surface area contributed by atoms with Gasteiger partial charge in [0.15, 0.2) is 6.54 Å². The first kappa shape index (κ1) is 16.5. The number of likely N-dealkylation sites (tertiary alicyclic amines) is 1. The van der Waals surface area contributed by atoms with Gasteiger partial charge in [-0.25, -0.2) is 0 Å². The topological polar surface area (TPSA) is 67.8 Å². The number of hydrogen-bond donors (Lipinski definition) is 2. The van der Waals surface area contributed by atoms with Crippen molar-refractivity contribution in [3.63, 3.8) is 0 Å². The average Bonchev–Trinajstić information content (AvgIpc) is 2.49. The molecular formula is C17H26N3O2+. The summed E-state index contributed by atoms with van der Waals surface area (Å²) in [6, 6.07) is 8.22. The lowest BCUT2D eigenvalue weighted by Gasteiger charge is -2.29. The second-order valence-corrected chi connectivity index (χ2v) is 6.36. The van der Waals surface area contributed by atoms with Crippen LogP contribution in [0, 0.1) is 12.8 Å². The zero-order chi connectivity index (χ0) is 16.1. The van der Waals surface area contributed by atoms with E-state index in [-0.39, 0.29) is 17.7 Å². The highest BCUT2D eigenvalue weighted by Crippen LogP contribution is 2.07. The second-order valence-electron chi connectivity index (χ2n) is 6.36. The summed E-state index contributed by atoms with van der Waals surface area (Å²) < 4.78 is 0. The number of aryl methyl sites for hydroxylation is 1. The number of likely N-dealkylation sites (N-methyl/N-ethyl adjacent to an activating group) is 1.